The Labute approximate surface area is 75.7 Å². The van der Waals surface area contributed by atoms with Crippen LogP contribution in [0.25, 0.3) is 11.2 Å². The number of aromatic nitrogens is 2. The summed E-state index contributed by atoms with van der Waals surface area (Å²) >= 11 is 3.14. The molecule has 0 unspecified atom stereocenters. The fourth-order valence-electron chi connectivity index (χ4n) is 0.865. The second kappa shape index (κ2) is 2.67. The normalized spacial score (nSPS) is 10.4. The largest absolute Gasteiger partial charge is 0.429 e. The Morgan fingerprint density at radius 1 is 1.58 bits per heavy atom. The number of fused-ring (bicyclic) bond motifs is 1. The number of halogens is 1. The zero-order valence-electron chi connectivity index (χ0n) is 5.82. The van der Waals surface area contributed by atoms with E-state index >= 15 is 0 Å². The van der Waals surface area contributed by atoms with E-state index in [1.165, 1.54) is 6.20 Å². The van der Waals surface area contributed by atoms with Crippen molar-refractivity contribution in [2.75, 3.05) is 0 Å². The third-order valence-electron chi connectivity index (χ3n) is 1.35. The van der Waals surface area contributed by atoms with Crippen molar-refractivity contribution in [3.8, 4) is 0 Å². The minimum absolute atomic E-state index is 0.302. The van der Waals surface area contributed by atoms with Crippen molar-refractivity contribution >= 4 is 33.4 Å². The molecule has 0 fully saturated rings. The van der Waals surface area contributed by atoms with Gasteiger partial charge in [-0.1, -0.05) is 0 Å². The predicted octanol–water partition coefficient (Wildman–Crippen LogP) is 1.80. The van der Waals surface area contributed by atoms with Crippen LogP contribution in [0.1, 0.15) is 10.5 Å². The van der Waals surface area contributed by atoms with Gasteiger partial charge in [-0.25, -0.2) is 9.97 Å². The molecule has 0 radical (unpaired) electrons. The molecule has 4 nitrogen and oxygen atoms in total. The fraction of sp³-hybridized carbons (Fsp3) is 0. The molecule has 2 aromatic heterocycles. The molecule has 2 rings (SSSR count). The number of furan rings is 1. The lowest BCUT2D eigenvalue weighted by Gasteiger charge is -1.86. The van der Waals surface area contributed by atoms with Crippen LogP contribution in [0.15, 0.2) is 21.3 Å². The average molecular weight is 227 g/mol. The molecule has 2 heterocycles. The molecule has 0 aliphatic rings. The van der Waals surface area contributed by atoms with Crippen molar-refractivity contribution in [3.63, 3.8) is 0 Å². The molecule has 0 N–H and O–H groups in total. The van der Waals surface area contributed by atoms with Gasteiger partial charge >= 0.3 is 0 Å². The Balaban J connectivity index is 2.74. The fourth-order valence-corrected chi connectivity index (χ4v) is 1.24. The molecule has 0 aromatic carbocycles. The van der Waals surface area contributed by atoms with Gasteiger partial charge in [-0.15, -0.1) is 0 Å². The molecule has 5 heteroatoms. The van der Waals surface area contributed by atoms with Crippen LogP contribution in [0.2, 0.25) is 0 Å². The topological polar surface area (TPSA) is 56.0 Å². The van der Waals surface area contributed by atoms with E-state index in [1.54, 1.807) is 6.07 Å². The van der Waals surface area contributed by atoms with Crippen LogP contribution in [0.5, 0.6) is 0 Å². The molecule has 0 saturated heterocycles. The first-order valence-electron chi connectivity index (χ1n) is 3.17. The number of carbonyl (C=O) groups is 1. The number of hydrogen-bond acceptors (Lipinski definition) is 4. The maximum atomic E-state index is 10.3. The van der Waals surface area contributed by atoms with Crippen molar-refractivity contribution in [2.24, 2.45) is 0 Å². The number of hydrogen-bond donors (Lipinski definition) is 0. The average Bonchev–Trinajstić information content (AvgIpc) is 2.43. The van der Waals surface area contributed by atoms with Crippen molar-refractivity contribution < 1.29 is 9.21 Å². The summed E-state index contributed by atoms with van der Waals surface area (Å²) in [7, 11) is 0. The van der Waals surface area contributed by atoms with Crippen LogP contribution < -0.4 is 0 Å². The van der Waals surface area contributed by atoms with Gasteiger partial charge in [0.05, 0.1) is 6.20 Å². The van der Waals surface area contributed by atoms with Crippen LogP contribution in [0.4, 0.5) is 0 Å². The minimum atomic E-state index is 0.302. The van der Waals surface area contributed by atoms with Gasteiger partial charge in [0, 0.05) is 6.07 Å². The molecule has 2 aromatic rings. The number of carbonyl (C=O) groups excluding carboxylic acids is 1. The second-order valence-electron chi connectivity index (χ2n) is 2.15. The van der Waals surface area contributed by atoms with Gasteiger partial charge in [0.1, 0.15) is 11.2 Å². The number of aldehydes is 1. The quantitative estimate of drug-likeness (QED) is 0.697. The summed E-state index contributed by atoms with van der Waals surface area (Å²) in [6.45, 7) is 0. The lowest BCUT2D eigenvalue weighted by molar-refractivity contribution is 0.111. The molecule has 60 valence electrons. The predicted molar refractivity (Wildman–Crippen MR) is 44.9 cm³/mol. The maximum absolute atomic E-state index is 10.3. The van der Waals surface area contributed by atoms with E-state index in [0.717, 1.165) is 0 Å². The van der Waals surface area contributed by atoms with Gasteiger partial charge in [-0.05, 0) is 15.9 Å². The second-order valence-corrected chi connectivity index (χ2v) is 2.94. The van der Waals surface area contributed by atoms with E-state index in [9.17, 15) is 4.79 Å². The van der Waals surface area contributed by atoms with Gasteiger partial charge in [-0.2, -0.15) is 0 Å². The van der Waals surface area contributed by atoms with E-state index in [2.05, 4.69) is 25.9 Å². The van der Waals surface area contributed by atoms with E-state index in [4.69, 9.17) is 4.42 Å². The highest BCUT2D eigenvalue weighted by Crippen LogP contribution is 2.19. The van der Waals surface area contributed by atoms with E-state index < -0.39 is 0 Å². The highest BCUT2D eigenvalue weighted by atomic mass is 79.9. The Bertz CT molecular complexity index is 438. The van der Waals surface area contributed by atoms with Gasteiger partial charge in [-0.3, -0.25) is 4.79 Å². The molecular formula is C7H3BrN2O2. The molecule has 0 aliphatic heterocycles. The standard InChI is InChI=1S/C7H3BrN2O2/c8-6-1-5-7(12-6)9-2-4(3-11)10-5/h1-3H. The van der Waals surface area contributed by atoms with Gasteiger partial charge in [0.2, 0.25) is 5.71 Å². The lowest BCUT2D eigenvalue weighted by Crippen LogP contribution is -1.87. The Morgan fingerprint density at radius 3 is 3.17 bits per heavy atom. The molecule has 0 amide bonds. The molecule has 12 heavy (non-hydrogen) atoms. The summed E-state index contributed by atoms with van der Waals surface area (Å²) in [4.78, 5) is 18.2. The molecule has 0 aliphatic carbocycles. The lowest BCUT2D eigenvalue weighted by atomic mass is 10.4. The van der Waals surface area contributed by atoms with Crippen molar-refractivity contribution in [3.05, 3.63) is 22.6 Å². The molecular weight excluding hydrogens is 224 g/mol. The molecule has 0 spiro atoms. The highest BCUT2D eigenvalue weighted by molar-refractivity contribution is 9.10. The van der Waals surface area contributed by atoms with Crippen LogP contribution >= 0.6 is 15.9 Å². The van der Waals surface area contributed by atoms with E-state index in [1.807, 2.05) is 0 Å². The summed E-state index contributed by atoms with van der Waals surface area (Å²) in [6.07, 6.45) is 2.01. The molecule has 0 saturated carbocycles. The SMILES string of the molecule is O=Cc1cnc2oc(Br)cc2n1. The third-order valence-corrected chi connectivity index (χ3v) is 1.74. The van der Waals surface area contributed by atoms with Gasteiger partial charge in [0.25, 0.3) is 0 Å². The number of nitrogens with zero attached hydrogens (tertiary/aromatic N) is 2. The monoisotopic (exact) mass is 226 g/mol. The Hall–Kier alpha value is -1.23. The maximum Gasteiger partial charge on any atom is 0.246 e. The van der Waals surface area contributed by atoms with E-state index in [0.29, 0.717) is 27.9 Å². The first-order valence-corrected chi connectivity index (χ1v) is 3.96. The van der Waals surface area contributed by atoms with Crippen LogP contribution in [-0.2, 0) is 0 Å². The van der Waals surface area contributed by atoms with Crippen molar-refractivity contribution in [2.45, 2.75) is 0 Å². The highest BCUT2D eigenvalue weighted by Gasteiger charge is 2.03. The van der Waals surface area contributed by atoms with Gasteiger partial charge in [0.15, 0.2) is 11.0 Å². The Morgan fingerprint density at radius 2 is 2.42 bits per heavy atom. The first kappa shape index (κ1) is 7.42. The van der Waals surface area contributed by atoms with Crippen LogP contribution in [-0.4, -0.2) is 16.3 Å². The van der Waals surface area contributed by atoms with E-state index in [-0.39, 0.29) is 0 Å². The van der Waals surface area contributed by atoms with Crippen LogP contribution in [0.3, 0.4) is 0 Å². The summed E-state index contributed by atoms with van der Waals surface area (Å²) in [5.74, 6) is 0. The number of rotatable bonds is 1. The van der Waals surface area contributed by atoms with Crippen LogP contribution in [0, 0.1) is 0 Å². The van der Waals surface area contributed by atoms with Crippen molar-refractivity contribution in [1.29, 1.82) is 0 Å². The molecule has 0 bridgehead atoms. The summed E-state index contributed by atoms with van der Waals surface area (Å²) in [5, 5.41) is 0. The zero-order valence-corrected chi connectivity index (χ0v) is 7.41. The third kappa shape index (κ3) is 1.12. The summed E-state index contributed by atoms with van der Waals surface area (Å²) in [5.41, 5.74) is 1.30. The molecule has 0 atom stereocenters. The van der Waals surface area contributed by atoms with Crippen molar-refractivity contribution in [1.82, 2.24) is 9.97 Å². The Kier molecular flexibility index (Phi) is 1.65. The van der Waals surface area contributed by atoms with Gasteiger partial charge < -0.3 is 4.42 Å². The summed E-state index contributed by atoms with van der Waals surface area (Å²) in [6, 6.07) is 1.66. The summed E-state index contributed by atoms with van der Waals surface area (Å²) < 4.78 is 5.65. The first-order chi connectivity index (χ1) is 5.79. The minimum Gasteiger partial charge on any atom is -0.429 e. The zero-order chi connectivity index (χ0) is 8.55. The smallest absolute Gasteiger partial charge is 0.246 e.